The number of nitrogens with zero attached hydrogens (tertiary/aromatic N) is 3. The summed E-state index contributed by atoms with van der Waals surface area (Å²) in [5, 5.41) is 7.54. The van der Waals surface area contributed by atoms with Crippen molar-refractivity contribution in [2.24, 2.45) is 0 Å². The summed E-state index contributed by atoms with van der Waals surface area (Å²) >= 11 is 0. The zero-order valence-electron chi connectivity index (χ0n) is 14.3. The predicted octanol–water partition coefficient (Wildman–Crippen LogP) is 3.14. The number of methoxy groups -OCH3 is 1. The van der Waals surface area contributed by atoms with E-state index in [9.17, 15) is 0 Å². The van der Waals surface area contributed by atoms with Crippen molar-refractivity contribution in [2.75, 3.05) is 13.7 Å². The minimum atomic E-state index is 0.745. The molecule has 1 aromatic heterocycles. The summed E-state index contributed by atoms with van der Waals surface area (Å²) < 4.78 is 7.15. The van der Waals surface area contributed by atoms with Gasteiger partial charge in [-0.25, -0.2) is 9.67 Å². The van der Waals surface area contributed by atoms with Gasteiger partial charge in [0.25, 0.3) is 0 Å². The number of aromatic nitrogens is 3. The molecule has 1 heterocycles. The van der Waals surface area contributed by atoms with E-state index in [4.69, 9.17) is 4.74 Å². The highest BCUT2D eigenvalue weighted by Gasteiger charge is 1.98. The van der Waals surface area contributed by atoms with Gasteiger partial charge in [0.15, 0.2) is 0 Å². The second-order valence-corrected chi connectivity index (χ2v) is 5.68. The lowest BCUT2D eigenvalue weighted by Gasteiger charge is -2.06. The quantitative estimate of drug-likeness (QED) is 0.643. The fraction of sp³-hybridized carbons (Fsp3) is 0.200. The molecule has 0 aliphatic carbocycles. The fourth-order valence-electron chi connectivity index (χ4n) is 2.55. The Morgan fingerprint density at radius 1 is 1.08 bits per heavy atom. The van der Waals surface area contributed by atoms with Crippen molar-refractivity contribution in [3.8, 4) is 5.75 Å². The van der Waals surface area contributed by atoms with Crippen molar-refractivity contribution < 1.29 is 4.74 Å². The zero-order valence-corrected chi connectivity index (χ0v) is 14.3. The molecule has 128 valence electrons. The number of nitrogens with one attached hydrogen (secondary N) is 1. The Hall–Kier alpha value is -2.92. The Morgan fingerprint density at radius 3 is 2.64 bits per heavy atom. The molecule has 0 aliphatic heterocycles. The lowest BCUT2D eigenvalue weighted by atomic mass is 10.1. The van der Waals surface area contributed by atoms with E-state index in [1.807, 2.05) is 28.9 Å². The molecule has 25 heavy (non-hydrogen) atoms. The maximum atomic E-state index is 5.34. The van der Waals surface area contributed by atoms with Gasteiger partial charge in [-0.3, -0.25) is 0 Å². The summed E-state index contributed by atoms with van der Waals surface area (Å²) in [6.45, 7) is 2.38. The molecule has 1 N–H and O–H groups in total. The Labute approximate surface area is 148 Å². The first-order chi connectivity index (χ1) is 12.3. The Bertz CT molecular complexity index is 795. The number of ether oxygens (including phenoxy) is 1. The average molecular weight is 334 g/mol. The highest BCUT2D eigenvalue weighted by molar-refractivity contribution is 5.57. The van der Waals surface area contributed by atoms with Crippen molar-refractivity contribution >= 4 is 6.08 Å². The summed E-state index contributed by atoms with van der Waals surface area (Å²) in [6.07, 6.45) is 7.46. The van der Waals surface area contributed by atoms with Gasteiger partial charge in [0, 0.05) is 18.7 Å². The highest BCUT2D eigenvalue weighted by Crippen LogP contribution is 2.18. The van der Waals surface area contributed by atoms with Crippen LogP contribution in [-0.2, 0) is 13.1 Å². The van der Waals surface area contributed by atoms with Crippen LogP contribution in [0.5, 0.6) is 5.75 Å². The lowest BCUT2D eigenvalue weighted by Crippen LogP contribution is -2.12. The maximum Gasteiger partial charge on any atom is 0.137 e. The number of para-hydroxylation sites is 1. The molecule has 0 saturated heterocycles. The van der Waals surface area contributed by atoms with Crippen LogP contribution in [0.25, 0.3) is 6.08 Å². The van der Waals surface area contributed by atoms with Crippen molar-refractivity contribution in [3.63, 3.8) is 0 Å². The van der Waals surface area contributed by atoms with Crippen LogP contribution in [0.2, 0.25) is 0 Å². The SMILES string of the molecule is COc1ccccc1C=CCNCc1ccc(Cn2cncn2)cc1. The number of benzene rings is 2. The second-order valence-electron chi connectivity index (χ2n) is 5.68. The van der Waals surface area contributed by atoms with Crippen LogP contribution in [0.3, 0.4) is 0 Å². The van der Waals surface area contributed by atoms with Crippen LogP contribution in [0.15, 0.2) is 67.3 Å². The van der Waals surface area contributed by atoms with Crippen molar-refractivity contribution in [3.05, 3.63) is 84.0 Å². The van der Waals surface area contributed by atoms with E-state index >= 15 is 0 Å². The summed E-state index contributed by atoms with van der Waals surface area (Å²) in [6, 6.07) is 16.5. The molecular formula is C20H22N4O. The first kappa shape index (κ1) is 16.9. The second kappa shape index (κ2) is 8.80. The van der Waals surface area contributed by atoms with Gasteiger partial charge in [-0.2, -0.15) is 5.10 Å². The maximum absolute atomic E-state index is 5.34. The van der Waals surface area contributed by atoms with E-state index in [1.54, 1.807) is 19.8 Å². The van der Waals surface area contributed by atoms with Gasteiger partial charge >= 0.3 is 0 Å². The largest absolute Gasteiger partial charge is 0.496 e. The smallest absolute Gasteiger partial charge is 0.137 e. The molecular weight excluding hydrogens is 312 g/mol. The molecule has 0 bridgehead atoms. The predicted molar refractivity (Wildman–Crippen MR) is 99.3 cm³/mol. The van der Waals surface area contributed by atoms with E-state index in [1.165, 1.54) is 11.1 Å². The summed E-state index contributed by atoms with van der Waals surface area (Å²) in [4.78, 5) is 3.95. The number of hydrogen-bond acceptors (Lipinski definition) is 4. The molecule has 2 aromatic carbocycles. The van der Waals surface area contributed by atoms with Gasteiger partial charge in [-0.05, 0) is 17.2 Å². The van der Waals surface area contributed by atoms with Crippen LogP contribution in [0, 0.1) is 0 Å². The first-order valence-corrected chi connectivity index (χ1v) is 8.25. The minimum absolute atomic E-state index is 0.745. The summed E-state index contributed by atoms with van der Waals surface area (Å²) in [5.74, 6) is 0.890. The van der Waals surface area contributed by atoms with E-state index < -0.39 is 0 Å². The molecule has 3 rings (SSSR count). The van der Waals surface area contributed by atoms with E-state index in [0.29, 0.717) is 0 Å². The third kappa shape index (κ3) is 5.02. The molecule has 0 unspecified atom stereocenters. The molecule has 5 heteroatoms. The first-order valence-electron chi connectivity index (χ1n) is 8.25. The third-order valence-electron chi connectivity index (χ3n) is 3.86. The van der Waals surface area contributed by atoms with Crippen LogP contribution >= 0.6 is 0 Å². The molecule has 3 aromatic rings. The zero-order chi connectivity index (χ0) is 17.3. The molecule has 0 spiro atoms. The molecule has 0 atom stereocenters. The van der Waals surface area contributed by atoms with Gasteiger partial charge in [0.05, 0.1) is 13.7 Å². The Morgan fingerprint density at radius 2 is 1.88 bits per heavy atom. The van der Waals surface area contributed by atoms with E-state index in [2.05, 4.69) is 51.8 Å². The molecule has 0 saturated carbocycles. The van der Waals surface area contributed by atoms with Crippen molar-refractivity contribution in [2.45, 2.75) is 13.1 Å². The van der Waals surface area contributed by atoms with E-state index in [0.717, 1.165) is 30.9 Å². The summed E-state index contributed by atoms with van der Waals surface area (Å²) in [7, 11) is 1.69. The molecule has 0 aliphatic rings. The van der Waals surface area contributed by atoms with Crippen molar-refractivity contribution in [1.82, 2.24) is 20.1 Å². The van der Waals surface area contributed by atoms with Gasteiger partial charge in [-0.1, -0.05) is 54.6 Å². The van der Waals surface area contributed by atoms with Crippen LogP contribution in [-0.4, -0.2) is 28.4 Å². The lowest BCUT2D eigenvalue weighted by molar-refractivity contribution is 0.414. The molecule has 0 fully saturated rings. The number of rotatable bonds is 8. The standard InChI is InChI=1S/C20H22N4O/c1-25-20-7-3-2-5-19(20)6-4-12-21-13-17-8-10-18(11-9-17)14-24-16-22-15-23-24/h2-11,15-16,21H,12-14H2,1H3. The number of hydrogen-bond donors (Lipinski definition) is 1. The van der Waals surface area contributed by atoms with Crippen LogP contribution < -0.4 is 10.1 Å². The average Bonchev–Trinajstić information content (AvgIpc) is 3.16. The van der Waals surface area contributed by atoms with Gasteiger partial charge < -0.3 is 10.1 Å². The Kier molecular flexibility index (Phi) is 5.96. The van der Waals surface area contributed by atoms with Gasteiger partial charge in [0.1, 0.15) is 18.4 Å². The van der Waals surface area contributed by atoms with Crippen LogP contribution in [0.1, 0.15) is 16.7 Å². The third-order valence-corrected chi connectivity index (χ3v) is 3.86. The molecule has 5 nitrogen and oxygen atoms in total. The molecule has 0 amide bonds. The van der Waals surface area contributed by atoms with Gasteiger partial charge in [0.2, 0.25) is 0 Å². The van der Waals surface area contributed by atoms with E-state index in [-0.39, 0.29) is 0 Å². The fourth-order valence-corrected chi connectivity index (χ4v) is 2.55. The normalized spacial score (nSPS) is 11.1. The summed E-state index contributed by atoms with van der Waals surface area (Å²) in [5.41, 5.74) is 3.56. The monoisotopic (exact) mass is 334 g/mol. The molecule has 0 radical (unpaired) electrons. The topological polar surface area (TPSA) is 52.0 Å². The Balaban J connectivity index is 1.45. The highest BCUT2D eigenvalue weighted by atomic mass is 16.5. The minimum Gasteiger partial charge on any atom is -0.496 e. The van der Waals surface area contributed by atoms with Crippen LogP contribution in [0.4, 0.5) is 0 Å². The van der Waals surface area contributed by atoms with Gasteiger partial charge in [-0.15, -0.1) is 0 Å². The van der Waals surface area contributed by atoms with Crippen molar-refractivity contribution in [1.29, 1.82) is 0 Å².